The van der Waals surface area contributed by atoms with E-state index < -0.39 is 0 Å². The second-order valence-electron chi connectivity index (χ2n) is 4.97. The van der Waals surface area contributed by atoms with Gasteiger partial charge < -0.3 is 10.1 Å². The molecule has 1 atom stereocenters. The first kappa shape index (κ1) is 15.5. The normalized spacial score (nSPS) is 16.6. The molecule has 6 heteroatoms. The van der Waals surface area contributed by atoms with Crippen LogP contribution < -0.4 is 10.1 Å². The predicted octanol–water partition coefficient (Wildman–Crippen LogP) is 4.90. The Labute approximate surface area is 143 Å². The number of halogens is 3. The number of carbonyl (C=O) groups is 1. The van der Waals surface area contributed by atoms with E-state index in [-0.39, 0.29) is 11.9 Å². The van der Waals surface area contributed by atoms with Crippen molar-refractivity contribution in [2.75, 3.05) is 6.61 Å². The maximum atomic E-state index is 12.5. The highest BCUT2D eigenvalue weighted by molar-refractivity contribution is 6.35. The fourth-order valence-corrected chi connectivity index (χ4v) is 2.98. The van der Waals surface area contributed by atoms with Gasteiger partial charge in [-0.25, -0.2) is 0 Å². The Morgan fingerprint density at radius 3 is 2.64 bits per heavy atom. The molecule has 0 fully saturated rings. The molecule has 0 saturated carbocycles. The van der Waals surface area contributed by atoms with Crippen LogP contribution in [-0.2, 0) is 0 Å². The summed E-state index contributed by atoms with van der Waals surface area (Å²) in [7, 11) is 0. The zero-order valence-electron chi connectivity index (χ0n) is 11.4. The molecule has 1 unspecified atom stereocenters. The molecular formula is C16H12Cl3NO2. The number of ether oxygens (including phenoxy) is 1. The second-order valence-corrected chi connectivity index (χ2v) is 6.25. The summed E-state index contributed by atoms with van der Waals surface area (Å²) in [4.78, 5) is 12.5. The molecule has 114 valence electrons. The summed E-state index contributed by atoms with van der Waals surface area (Å²) in [6, 6.07) is 10.0. The number of fused-ring (bicyclic) bond motifs is 1. The average Bonchev–Trinajstić information content (AvgIpc) is 2.50. The van der Waals surface area contributed by atoms with E-state index in [1.54, 1.807) is 30.3 Å². The summed E-state index contributed by atoms with van der Waals surface area (Å²) in [5.41, 5.74) is 1.22. The van der Waals surface area contributed by atoms with Crippen molar-refractivity contribution in [2.45, 2.75) is 12.5 Å². The topological polar surface area (TPSA) is 38.3 Å². The van der Waals surface area contributed by atoms with E-state index in [4.69, 9.17) is 39.5 Å². The Balaban J connectivity index is 1.87. The Morgan fingerprint density at radius 2 is 1.82 bits per heavy atom. The first-order valence-electron chi connectivity index (χ1n) is 6.73. The Kier molecular flexibility index (Phi) is 4.48. The van der Waals surface area contributed by atoms with E-state index in [1.165, 1.54) is 0 Å². The van der Waals surface area contributed by atoms with Gasteiger partial charge in [0, 0.05) is 22.0 Å². The van der Waals surface area contributed by atoms with E-state index in [0.29, 0.717) is 33.7 Å². The highest BCUT2D eigenvalue weighted by Gasteiger charge is 2.24. The molecule has 1 N–H and O–H groups in total. The number of nitrogens with one attached hydrogen (secondary N) is 1. The van der Waals surface area contributed by atoms with Crippen molar-refractivity contribution in [3.63, 3.8) is 0 Å². The Bertz CT molecular complexity index is 733. The van der Waals surface area contributed by atoms with Crippen molar-refractivity contribution >= 4 is 40.7 Å². The molecular weight excluding hydrogens is 345 g/mol. The van der Waals surface area contributed by atoms with E-state index in [0.717, 1.165) is 11.3 Å². The number of amides is 1. The third kappa shape index (κ3) is 3.17. The monoisotopic (exact) mass is 355 g/mol. The lowest BCUT2D eigenvalue weighted by atomic mass is 10.00. The van der Waals surface area contributed by atoms with Crippen molar-refractivity contribution in [3.05, 3.63) is 62.6 Å². The molecule has 0 bridgehead atoms. The molecule has 0 aliphatic carbocycles. The van der Waals surface area contributed by atoms with E-state index in [1.807, 2.05) is 6.07 Å². The lowest BCUT2D eigenvalue weighted by molar-refractivity contribution is 0.0925. The molecule has 22 heavy (non-hydrogen) atoms. The van der Waals surface area contributed by atoms with Crippen molar-refractivity contribution in [1.29, 1.82) is 0 Å². The highest BCUT2D eigenvalue weighted by Crippen LogP contribution is 2.34. The van der Waals surface area contributed by atoms with Crippen molar-refractivity contribution < 1.29 is 9.53 Å². The van der Waals surface area contributed by atoms with Crippen LogP contribution in [0.5, 0.6) is 5.75 Å². The zero-order chi connectivity index (χ0) is 15.7. The molecule has 0 aromatic heterocycles. The van der Waals surface area contributed by atoms with E-state index >= 15 is 0 Å². The predicted molar refractivity (Wildman–Crippen MR) is 88.2 cm³/mol. The van der Waals surface area contributed by atoms with Gasteiger partial charge >= 0.3 is 0 Å². The summed E-state index contributed by atoms with van der Waals surface area (Å²) in [5.74, 6) is 0.462. The van der Waals surface area contributed by atoms with Crippen molar-refractivity contribution in [1.82, 2.24) is 5.32 Å². The molecule has 1 aliphatic rings. The van der Waals surface area contributed by atoms with Crippen LogP contribution in [0, 0.1) is 0 Å². The van der Waals surface area contributed by atoms with Gasteiger partial charge in [-0.15, -0.1) is 0 Å². The average molecular weight is 357 g/mol. The second kappa shape index (κ2) is 6.37. The van der Waals surface area contributed by atoms with Gasteiger partial charge in [0.1, 0.15) is 5.75 Å². The van der Waals surface area contributed by atoms with Crippen molar-refractivity contribution in [3.8, 4) is 5.75 Å². The maximum absolute atomic E-state index is 12.5. The third-order valence-corrected chi connectivity index (χ3v) is 4.29. The minimum absolute atomic E-state index is 0.176. The van der Waals surface area contributed by atoms with Gasteiger partial charge in [-0.05, 0) is 36.4 Å². The molecule has 3 rings (SSSR count). The smallest absolute Gasteiger partial charge is 0.253 e. The first-order chi connectivity index (χ1) is 10.5. The van der Waals surface area contributed by atoms with Gasteiger partial charge in [-0.3, -0.25) is 4.79 Å². The van der Waals surface area contributed by atoms with Crippen LogP contribution in [0.2, 0.25) is 15.1 Å². The fourth-order valence-electron chi connectivity index (χ4n) is 2.42. The summed E-state index contributed by atoms with van der Waals surface area (Å²) in [6.45, 7) is 0.531. The minimum atomic E-state index is -0.273. The quantitative estimate of drug-likeness (QED) is 0.831. The number of carbonyl (C=O) groups excluding carboxylic acids is 1. The number of rotatable bonds is 2. The van der Waals surface area contributed by atoms with Gasteiger partial charge in [-0.2, -0.15) is 0 Å². The summed E-state index contributed by atoms with van der Waals surface area (Å²) >= 11 is 18.0. The SMILES string of the molecule is O=C(NC1CCOc2ccc(Cl)cc21)c1cc(Cl)ccc1Cl. The molecule has 2 aromatic rings. The Hall–Kier alpha value is -1.42. The molecule has 0 spiro atoms. The standard InChI is InChI=1S/C16H12Cl3NO2/c17-9-1-3-13(19)11(7-9)16(21)20-14-5-6-22-15-4-2-10(18)8-12(14)15/h1-4,7-8,14H,5-6H2,(H,20,21). The fraction of sp³-hybridized carbons (Fsp3) is 0.188. The van der Waals surface area contributed by atoms with Gasteiger partial charge in [-0.1, -0.05) is 34.8 Å². The zero-order valence-corrected chi connectivity index (χ0v) is 13.7. The Morgan fingerprint density at radius 1 is 1.09 bits per heavy atom. The van der Waals surface area contributed by atoms with Gasteiger partial charge in [0.05, 0.1) is 23.2 Å². The molecule has 1 heterocycles. The van der Waals surface area contributed by atoms with Crippen molar-refractivity contribution in [2.24, 2.45) is 0 Å². The van der Waals surface area contributed by atoms with Crippen LogP contribution in [0.1, 0.15) is 28.4 Å². The van der Waals surface area contributed by atoms with Gasteiger partial charge in [0.15, 0.2) is 0 Å². The molecule has 2 aromatic carbocycles. The largest absolute Gasteiger partial charge is 0.493 e. The van der Waals surface area contributed by atoms with Crippen LogP contribution in [0.3, 0.4) is 0 Å². The lowest BCUT2D eigenvalue weighted by Gasteiger charge is -2.27. The summed E-state index contributed by atoms with van der Waals surface area (Å²) in [6.07, 6.45) is 0.664. The number of hydrogen-bond donors (Lipinski definition) is 1. The summed E-state index contributed by atoms with van der Waals surface area (Å²) in [5, 5.41) is 4.39. The highest BCUT2D eigenvalue weighted by atomic mass is 35.5. The third-order valence-electron chi connectivity index (χ3n) is 3.49. The van der Waals surface area contributed by atoms with Crippen LogP contribution in [0.4, 0.5) is 0 Å². The van der Waals surface area contributed by atoms with Gasteiger partial charge in [0.25, 0.3) is 5.91 Å². The molecule has 1 amide bonds. The van der Waals surface area contributed by atoms with Crippen LogP contribution in [0.25, 0.3) is 0 Å². The first-order valence-corrected chi connectivity index (χ1v) is 7.86. The van der Waals surface area contributed by atoms with Gasteiger partial charge in [0.2, 0.25) is 0 Å². The minimum Gasteiger partial charge on any atom is -0.493 e. The number of benzene rings is 2. The van der Waals surface area contributed by atoms with Crippen LogP contribution >= 0.6 is 34.8 Å². The van der Waals surface area contributed by atoms with Crippen LogP contribution in [0.15, 0.2) is 36.4 Å². The summed E-state index contributed by atoms with van der Waals surface area (Å²) < 4.78 is 5.58. The molecule has 0 radical (unpaired) electrons. The van der Waals surface area contributed by atoms with Crippen LogP contribution in [-0.4, -0.2) is 12.5 Å². The molecule has 0 saturated heterocycles. The molecule has 3 nitrogen and oxygen atoms in total. The van der Waals surface area contributed by atoms with E-state index in [9.17, 15) is 4.79 Å². The van der Waals surface area contributed by atoms with E-state index in [2.05, 4.69) is 5.32 Å². The lowest BCUT2D eigenvalue weighted by Crippen LogP contribution is -2.32. The maximum Gasteiger partial charge on any atom is 0.253 e. The number of hydrogen-bond acceptors (Lipinski definition) is 2. The molecule has 1 aliphatic heterocycles.